The minimum Gasteiger partial charge on any atom is -0.495 e. The van der Waals surface area contributed by atoms with E-state index in [1.54, 1.807) is 20.3 Å². The van der Waals surface area contributed by atoms with E-state index in [9.17, 15) is 4.79 Å². The zero-order chi connectivity index (χ0) is 18.6. The molecule has 1 aliphatic rings. The summed E-state index contributed by atoms with van der Waals surface area (Å²) in [5.41, 5.74) is 0.333. The molecule has 2 unspecified atom stereocenters. The van der Waals surface area contributed by atoms with Gasteiger partial charge in [-0.3, -0.25) is 0 Å². The van der Waals surface area contributed by atoms with Crippen LogP contribution < -0.4 is 20.1 Å². The van der Waals surface area contributed by atoms with Crippen molar-refractivity contribution in [1.82, 2.24) is 5.32 Å². The molecule has 140 valence electrons. The number of hydrogen-bond acceptors (Lipinski definition) is 5. The standard InChI is InChI=1S/C18H27ClN2O4/c1-18(2,3)25-17(22)21-12-7-6-11(8-12)20-14-10-15(23-4)13(19)9-16(14)24-5/h9-12,20H,6-8H2,1-5H3,(H,21,22). The van der Waals surface area contributed by atoms with E-state index in [2.05, 4.69) is 10.6 Å². The van der Waals surface area contributed by atoms with Crippen LogP contribution in [0.2, 0.25) is 5.02 Å². The summed E-state index contributed by atoms with van der Waals surface area (Å²) in [7, 11) is 3.18. The lowest BCUT2D eigenvalue weighted by atomic mass is 10.2. The SMILES string of the molecule is COc1cc(NC2CCC(NC(=O)OC(C)(C)C)C2)c(OC)cc1Cl. The van der Waals surface area contributed by atoms with E-state index < -0.39 is 5.60 Å². The van der Waals surface area contributed by atoms with E-state index in [1.165, 1.54) is 0 Å². The van der Waals surface area contributed by atoms with Crippen LogP contribution in [-0.2, 0) is 4.74 Å². The van der Waals surface area contributed by atoms with E-state index in [4.69, 9.17) is 25.8 Å². The number of alkyl carbamates (subject to hydrolysis) is 1. The maximum Gasteiger partial charge on any atom is 0.407 e. The van der Waals surface area contributed by atoms with Crippen molar-refractivity contribution in [2.45, 2.75) is 57.7 Å². The molecule has 2 rings (SSSR count). The second-order valence-electron chi connectivity index (χ2n) is 7.18. The third-order valence-corrected chi connectivity index (χ3v) is 4.28. The fourth-order valence-electron chi connectivity index (χ4n) is 2.91. The van der Waals surface area contributed by atoms with Crippen molar-refractivity contribution in [3.63, 3.8) is 0 Å². The number of nitrogens with one attached hydrogen (secondary N) is 2. The number of ether oxygens (including phenoxy) is 3. The van der Waals surface area contributed by atoms with Gasteiger partial charge in [0.15, 0.2) is 0 Å². The molecule has 6 nitrogen and oxygen atoms in total. The molecule has 0 aliphatic heterocycles. The first-order chi connectivity index (χ1) is 11.7. The van der Waals surface area contributed by atoms with Gasteiger partial charge in [0.2, 0.25) is 0 Å². The van der Waals surface area contributed by atoms with Crippen molar-refractivity contribution < 1.29 is 19.0 Å². The van der Waals surface area contributed by atoms with Crippen molar-refractivity contribution >= 4 is 23.4 Å². The molecule has 1 saturated carbocycles. The first-order valence-electron chi connectivity index (χ1n) is 8.39. The van der Waals surface area contributed by atoms with Crippen LogP contribution in [0.3, 0.4) is 0 Å². The zero-order valence-corrected chi connectivity index (χ0v) is 16.2. The summed E-state index contributed by atoms with van der Waals surface area (Å²) < 4.78 is 16.0. The molecule has 1 fully saturated rings. The first-order valence-corrected chi connectivity index (χ1v) is 8.77. The van der Waals surface area contributed by atoms with Crippen molar-refractivity contribution in [1.29, 1.82) is 0 Å². The Hall–Kier alpha value is -1.82. The highest BCUT2D eigenvalue weighted by Gasteiger charge is 2.28. The molecule has 7 heteroatoms. The minimum absolute atomic E-state index is 0.0903. The van der Waals surface area contributed by atoms with Gasteiger partial charge < -0.3 is 24.8 Å². The second-order valence-corrected chi connectivity index (χ2v) is 7.59. The highest BCUT2D eigenvalue weighted by molar-refractivity contribution is 6.32. The molecule has 0 aromatic heterocycles. The number of halogens is 1. The summed E-state index contributed by atoms with van der Waals surface area (Å²) in [4.78, 5) is 11.9. The third kappa shape index (κ3) is 5.59. The Labute approximate surface area is 154 Å². The molecular weight excluding hydrogens is 344 g/mol. The van der Waals surface area contributed by atoms with Gasteiger partial charge in [0.1, 0.15) is 17.1 Å². The number of carbonyl (C=O) groups excluding carboxylic acids is 1. The molecule has 0 radical (unpaired) electrons. The first kappa shape index (κ1) is 19.5. The number of carbonyl (C=O) groups is 1. The maximum atomic E-state index is 11.9. The third-order valence-electron chi connectivity index (χ3n) is 3.99. The number of benzene rings is 1. The highest BCUT2D eigenvalue weighted by Crippen LogP contribution is 2.37. The Bertz CT molecular complexity index is 616. The van der Waals surface area contributed by atoms with Crippen LogP contribution in [-0.4, -0.2) is 38.0 Å². The number of amides is 1. The summed E-state index contributed by atoms with van der Waals surface area (Å²) in [6, 6.07) is 3.87. The van der Waals surface area contributed by atoms with Gasteiger partial charge in [0.05, 0.1) is 24.9 Å². The van der Waals surface area contributed by atoms with E-state index in [0.29, 0.717) is 16.5 Å². The summed E-state index contributed by atoms with van der Waals surface area (Å²) in [6.07, 6.45) is 2.27. The van der Waals surface area contributed by atoms with Gasteiger partial charge in [0, 0.05) is 24.2 Å². The predicted octanol–water partition coefficient (Wildman–Crippen LogP) is 4.21. The Morgan fingerprint density at radius 2 is 1.76 bits per heavy atom. The topological polar surface area (TPSA) is 68.8 Å². The average Bonchev–Trinajstić information content (AvgIpc) is 2.93. The van der Waals surface area contributed by atoms with E-state index in [1.807, 2.05) is 26.8 Å². The van der Waals surface area contributed by atoms with Gasteiger partial charge >= 0.3 is 6.09 Å². The average molecular weight is 371 g/mol. The lowest BCUT2D eigenvalue weighted by Crippen LogP contribution is -2.38. The molecule has 0 heterocycles. The summed E-state index contributed by atoms with van der Waals surface area (Å²) >= 11 is 6.14. The van der Waals surface area contributed by atoms with Crippen molar-refractivity contribution in [3.05, 3.63) is 17.2 Å². The second kappa shape index (κ2) is 8.04. The van der Waals surface area contributed by atoms with Crippen LogP contribution in [0.15, 0.2) is 12.1 Å². The lowest BCUT2D eigenvalue weighted by Gasteiger charge is -2.22. The van der Waals surface area contributed by atoms with Crippen LogP contribution in [0.5, 0.6) is 11.5 Å². The molecule has 0 bridgehead atoms. The molecule has 1 aliphatic carbocycles. The van der Waals surface area contributed by atoms with Gasteiger partial charge in [-0.05, 0) is 40.0 Å². The molecule has 1 amide bonds. The number of methoxy groups -OCH3 is 2. The fourth-order valence-corrected chi connectivity index (χ4v) is 3.14. The molecule has 0 saturated heterocycles. The Balaban J connectivity index is 1.96. The van der Waals surface area contributed by atoms with E-state index in [-0.39, 0.29) is 18.2 Å². The van der Waals surface area contributed by atoms with E-state index in [0.717, 1.165) is 24.9 Å². The van der Waals surface area contributed by atoms with Crippen molar-refractivity contribution in [3.8, 4) is 11.5 Å². The van der Waals surface area contributed by atoms with Crippen molar-refractivity contribution in [2.24, 2.45) is 0 Å². The zero-order valence-electron chi connectivity index (χ0n) is 15.4. The largest absolute Gasteiger partial charge is 0.495 e. The predicted molar refractivity (Wildman–Crippen MR) is 99.0 cm³/mol. The smallest absolute Gasteiger partial charge is 0.407 e. The quantitative estimate of drug-likeness (QED) is 0.812. The lowest BCUT2D eigenvalue weighted by molar-refractivity contribution is 0.0505. The fraction of sp³-hybridized carbons (Fsp3) is 0.611. The highest BCUT2D eigenvalue weighted by atomic mass is 35.5. The van der Waals surface area contributed by atoms with Gasteiger partial charge in [-0.25, -0.2) is 4.79 Å². The van der Waals surface area contributed by atoms with Crippen LogP contribution in [0.25, 0.3) is 0 Å². The van der Waals surface area contributed by atoms with Crippen LogP contribution >= 0.6 is 11.6 Å². The minimum atomic E-state index is -0.492. The van der Waals surface area contributed by atoms with Gasteiger partial charge in [-0.1, -0.05) is 11.6 Å². The number of anilines is 1. The van der Waals surface area contributed by atoms with Crippen molar-refractivity contribution in [2.75, 3.05) is 19.5 Å². The Kier molecular flexibility index (Phi) is 6.27. The van der Waals surface area contributed by atoms with Crippen LogP contribution in [0, 0.1) is 0 Å². The normalized spacial score (nSPS) is 20.1. The molecule has 1 aromatic carbocycles. The van der Waals surface area contributed by atoms with Gasteiger partial charge in [-0.2, -0.15) is 0 Å². The molecule has 0 spiro atoms. The molecular formula is C18H27ClN2O4. The number of hydrogen-bond donors (Lipinski definition) is 2. The molecule has 2 N–H and O–H groups in total. The monoisotopic (exact) mass is 370 g/mol. The summed E-state index contributed by atoms with van der Waals surface area (Å²) in [5, 5.41) is 6.89. The maximum absolute atomic E-state index is 11.9. The van der Waals surface area contributed by atoms with Crippen LogP contribution in [0.4, 0.5) is 10.5 Å². The van der Waals surface area contributed by atoms with E-state index >= 15 is 0 Å². The number of rotatable bonds is 5. The van der Waals surface area contributed by atoms with Gasteiger partial charge in [0.25, 0.3) is 0 Å². The molecule has 2 atom stereocenters. The molecule has 1 aromatic rings. The Morgan fingerprint density at radius 3 is 2.36 bits per heavy atom. The van der Waals surface area contributed by atoms with Gasteiger partial charge in [-0.15, -0.1) is 0 Å². The molecule has 25 heavy (non-hydrogen) atoms. The Morgan fingerprint density at radius 1 is 1.12 bits per heavy atom. The summed E-state index contributed by atoms with van der Waals surface area (Å²) in [6.45, 7) is 5.56. The summed E-state index contributed by atoms with van der Waals surface area (Å²) in [5.74, 6) is 1.25. The van der Waals surface area contributed by atoms with Crippen LogP contribution in [0.1, 0.15) is 40.0 Å².